The van der Waals surface area contributed by atoms with E-state index >= 15 is 0 Å². The number of ether oxygens (including phenoxy) is 1. The van der Waals surface area contributed by atoms with E-state index in [0.717, 1.165) is 24.8 Å². The largest absolute Gasteiger partial charge is 0.479 e. The molecule has 0 aliphatic carbocycles. The van der Waals surface area contributed by atoms with Gasteiger partial charge in [-0.2, -0.15) is 0 Å². The number of carbonyl (C=O) groups excluding carboxylic acids is 1. The number of amides is 1. The van der Waals surface area contributed by atoms with Gasteiger partial charge < -0.3 is 15.0 Å². The van der Waals surface area contributed by atoms with Gasteiger partial charge in [0.25, 0.3) is 5.91 Å². The first-order valence-corrected chi connectivity index (χ1v) is 9.78. The molecule has 0 unspecified atom stereocenters. The molecule has 1 saturated heterocycles. The van der Waals surface area contributed by atoms with Crippen LogP contribution in [0.3, 0.4) is 0 Å². The average molecular weight is 367 g/mol. The summed E-state index contributed by atoms with van der Waals surface area (Å²) in [5.41, 5.74) is 0. The fraction of sp³-hybridized carbons (Fsp3) is 0.650. The Morgan fingerprint density at radius 1 is 1.32 bits per heavy atom. The Hall–Kier alpha value is -1.26. The van der Waals surface area contributed by atoms with Gasteiger partial charge in [-0.05, 0) is 49.8 Å². The minimum atomic E-state index is -0.505. The molecular formula is C20H31ClN2O2. The van der Waals surface area contributed by atoms with Crippen molar-refractivity contribution < 1.29 is 9.53 Å². The Morgan fingerprint density at radius 3 is 2.64 bits per heavy atom. The van der Waals surface area contributed by atoms with Crippen LogP contribution in [-0.4, -0.2) is 43.1 Å². The van der Waals surface area contributed by atoms with Gasteiger partial charge in [-0.1, -0.05) is 44.5 Å². The Kier molecular flexibility index (Phi) is 8.04. The van der Waals surface area contributed by atoms with E-state index < -0.39 is 6.10 Å². The molecule has 2 rings (SSSR count). The van der Waals surface area contributed by atoms with E-state index in [1.54, 1.807) is 12.1 Å². The first kappa shape index (κ1) is 20.1. The highest BCUT2D eigenvalue weighted by atomic mass is 35.5. The van der Waals surface area contributed by atoms with Crippen LogP contribution in [-0.2, 0) is 4.79 Å². The van der Waals surface area contributed by atoms with Crippen molar-refractivity contribution in [3.63, 3.8) is 0 Å². The van der Waals surface area contributed by atoms with Crippen LogP contribution in [0.2, 0.25) is 5.02 Å². The highest BCUT2D eigenvalue weighted by Crippen LogP contribution is 2.25. The minimum absolute atomic E-state index is 0.0669. The van der Waals surface area contributed by atoms with Gasteiger partial charge in [-0.15, -0.1) is 0 Å². The second-order valence-electron chi connectivity index (χ2n) is 7.30. The molecule has 4 nitrogen and oxygen atoms in total. The zero-order valence-corrected chi connectivity index (χ0v) is 16.4. The lowest BCUT2D eigenvalue weighted by Gasteiger charge is -2.35. The minimum Gasteiger partial charge on any atom is -0.479 e. The Bertz CT molecular complexity index is 542. The number of para-hydroxylation sites is 1. The molecule has 0 bridgehead atoms. The molecule has 1 aromatic carbocycles. The number of halogens is 1. The van der Waals surface area contributed by atoms with Gasteiger partial charge in [0.1, 0.15) is 5.75 Å². The van der Waals surface area contributed by atoms with E-state index in [1.807, 2.05) is 19.1 Å². The second kappa shape index (κ2) is 10.0. The molecule has 5 heteroatoms. The number of benzene rings is 1. The summed E-state index contributed by atoms with van der Waals surface area (Å²) in [5.74, 6) is 2.03. The van der Waals surface area contributed by atoms with E-state index in [0.29, 0.717) is 23.7 Å². The van der Waals surface area contributed by atoms with Crippen molar-refractivity contribution in [1.82, 2.24) is 10.2 Å². The van der Waals surface area contributed by atoms with Crippen LogP contribution in [0.15, 0.2) is 24.3 Å². The quantitative estimate of drug-likeness (QED) is 0.707. The lowest BCUT2D eigenvalue weighted by Crippen LogP contribution is -2.41. The van der Waals surface area contributed by atoms with E-state index in [2.05, 4.69) is 24.1 Å². The van der Waals surface area contributed by atoms with Gasteiger partial charge in [0.2, 0.25) is 0 Å². The number of nitrogens with one attached hydrogen (secondary N) is 1. The predicted octanol–water partition coefficient (Wildman–Crippen LogP) is 3.98. The Labute approximate surface area is 156 Å². The van der Waals surface area contributed by atoms with Crippen molar-refractivity contribution in [3.05, 3.63) is 29.3 Å². The molecule has 1 amide bonds. The van der Waals surface area contributed by atoms with Gasteiger partial charge in [0.05, 0.1) is 5.02 Å². The fourth-order valence-electron chi connectivity index (χ4n) is 3.62. The maximum Gasteiger partial charge on any atom is 0.261 e. The van der Waals surface area contributed by atoms with Gasteiger partial charge in [-0.3, -0.25) is 4.79 Å². The maximum atomic E-state index is 12.4. The number of hydrogen-bond acceptors (Lipinski definition) is 3. The van der Waals surface area contributed by atoms with Gasteiger partial charge in [0.15, 0.2) is 6.10 Å². The lowest BCUT2D eigenvalue weighted by atomic mass is 9.92. The Balaban J connectivity index is 1.72. The molecule has 3 atom stereocenters. The summed E-state index contributed by atoms with van der Waals surface area (Å²) in [7, 11) is 0. The standard InChI is InChI=1S/C20H31ClN2O2/c1-4-18(25-19-9-6-5-8-17(19)21)20(24)22-10-7-11-23-13-15(2)12-16(3)14-23/h5-6,8-9,15-16,18H,4,7,10-14H2,1-3H3,(H,22,24)/t15-,16+,18-/m1/s1. The zero-order chi connectivity index (χ0) is 18.2. The van der Waals surface area contributed by atoms with Crippen LogP contribution in [0, 0.1) is 11.8 Å². The number of likely N-dealkylation sites (tertiary alicyclic amines) is 1. The summed E-state index contributed by atoms with van der Waals surface area (Å²) in [6.07, 6.45) is 2.39. The smallest absolute Gasteiger partial charge is 0.261 e. The maximum absolute atomic E-state index is 12.4. The molecule has 0 aromatic heterocycles. The van der Waals surface area contributed by atoms with E-state index in [-0.39, 0.29) is 5.91 Å². The summed E-state index contributed by atoms with van der Waals surface area (Å²) >= 11 is 6.10. The van der Waals surface area contributed by atoms with Gasteiger partial charge in [-0.25, -0.2) is 0 Å². The Morgan fingerprint density at radius 2 is 2.00 bits per heavy atom. The molecule has 1 aliphatic heterocycles. The average Bonchev–Trinajstić information content (AvgIpc) is 2.57. The van der Waals surface area contributed by atoms with E-state index in [4.69, 9.17) is 16.3 Å². The van der Waals surface area contributed by atoms with Crippen LogP contribution in [0.4, 0.5) is 0 Å². The summed E-state index contributed by atoms with van der Waals surface area (Å²) in [6.45, 7) is 10.6. The van der Waals surface area contributed by atoms with Crippen LogP contribution < -0.4 is 10.1 Å². The molecule has 1 heterocycles. The molecule has 0 saturated carbocycles. The molecule has 140 valence electrons. The van der Waals surface area contributed by atoms with Gasteiger partial charge >= 0.3 is 0 Å². The normalized spacial score (nSPS) is 22.4. The number of rotatable bonds is 8. The van der Waals surface area contributed by atoms with Crippen LogP contribution in [0.5, 0.6) is 5.75 Å². The molecule has 1 aromatic rings. The number of nitrogens with zero attached hydrogens (tertiary/aromatic N) is 1. The molecule has 25 heavy (non-hydrogen) atoms. The van der Waals surface area contributed by atoms with Crippen molar-refractivity contribution in [2.75, 3.05) is 26.2 Å². The van der Waals surface area contributed by atoms with Crippen molar-refractivity contribution in [1.29, 1.82) is 0 Å². The molecule has 1 N–H and O–H groups in total. The first-order valence-electron chi connectivity index (χ1n) is 9.40. The number of carbonyl (C=O) groups is 1. The summed E-state index contributed by atoms with van der Waals surface area (Å²) < 4.78 is 5.78. The van der Waals surface area contributed by atoms with Crippen molar-refractivity contribution in [2.45, 2.75) is 46.1 Å². The third kappa shape index (κ3) is 6.52. The third-order valence-electron chi connectivity index (χ3n) is 4.66. The number of piperidine rings is 1. The van der Waals surface area contributed by atoms with E-state index in [9.17, 15) is 4.79 Å². The summed E-state index contributed by atoms with van der Waals surface area (Å²) in [6, 6.07) is 7.25. The van der Waals surface area contributed by atoms with E-state index in [1.165, 1.54) is 19.5 Å². The first-order chi connectivity index (χ1) is 12.0. The number of hydrogen-bond donors (Lipinski definition) is 1. The predicted molar refractivity (Wildman–Crippen MR) is 103 cm³/mol. The molecule has 1 fully saturated rings. The van der Waals surface area contributed by atoms with Crippen molar-refractivity contribution >= 4 is 17.5 Å². The summed E-state index contributed by atoms with van der Waals surface area (Å²) in [4.78, 5) is 14.9. The monoisotopic (exact) mass is 366 g/mol. The fourth-order valence-corrected chi connectivity index (χ4v) is 3.80. The van der Waals surface area contributed by atoms with Crippen molar-refractivity contribution in [2.24, 2.45) is 11.8 Å². The van der Waals surface area contributed by atoms with Crippen LogP contribution in [0.25, 0.3) is 0 Å². The van der Waals surface area contributed by atoms with Crippen LogP contribution >= 0.6 is 11.6 Å². The molecule has 1 aliphatic rings. The second-order valence-corrected chi connectivity index (χ2v) is 7.70. The zero-order valence-electron chi connectivity index (χ0n) is 15.6. The van der Waals surface area contributed by atoms with Crippen LogP contribution in [0.1, 0.15) is 40.0 Å². The lowest BCUT2D eigenvalue weighted by molar-refractivity contribution is -0.128. The van der Waals surface area contributed by atoms with Gasteiger partial charge in [0, 0.05) is 19.6 Å². The molecular weight excluding hydrogens is 336 g/mol. The van der Waals surface area contributed by atoms with Crippen molar-refractivity contribution in [3.8, 4) is 5.75 Å². The highest BCUT2D eigenvalue weighted by molar-refractivity contribution is 6.32. The summed E-state index contributed by atoms with van der Waals surface area (Å²) in [5, 5.41) is 3.53. The molecule has 0 radical (unpaired) electrons. The topological polar surface area (TPSA) is 41.6 Å². The SMILES string of the molecule is CC[C@@H](Oc1ccccc1Cl)C(=O)NCCCN1C[C@H](C)C[C@H](C)C1. The highest BCUT2D eigenvalue weighted by Gasteiger charge is 2.22. The molecule has 0 spiro atoms. The third-order valence-corrected chi connectivity index (χ3v) is 4.98.